The Morgan fingerprint density at radius 3 is 2.71 bits per heavy atom. The molecule has 3 aromatic heterocycles. The third-order valence-corrected chi connectivity index (χ3v) is 7.15. The minimum atomic E-state index is 0.122. The van der Waals surface area contributed by atoms with Crippen LogP contribution >= 0.6 is 23.1 Å². The first-order chi connectivity index (χ1) is 13.6. The molecule has 0 N–H and O–H groups in total. The normalized spacial score (nSPS) is 15.2. The molecule has 3 aromatic rings. The number of thioether (sulfide) groups is 1. The summed E-state index contributed by atoms with van der Waals surface area (Å²) in [6.07, 6.45) is 7.97. The van der Waals surface area contributed by atoms with Gasteiger partial charge in [0.1, 0.15) is 5.82 Å². The van der Waals surface area contributed by atoms with Crippen LogP contribution in [-0.4, -0.2) is 35.9 Å². The Kier molecular flexibility index (Phi) is 5.68. The van der Waals surface area contributed by atoms with Crippen LogP contribution in [0.1, 0.15) is 65.7 Å². The number of aromatic nitrogens is 5. The molecule has 1 fully saturated rings. The largest absolute Gasteiger partial charge is 0.303 e. The molecule has 0 spiro atoms. The second-order valence-corrected chi connectivity index (χ2v) is 9.15. The summed E-state index contributed by atoms with van der Waals surface area (Å²) in [6, 6.07) is 2.44. The van der Waals surface area contributed by atoms with Crippen molar-refractivity contribution in [2.45, 2.75) is 64.1 Å². The van der Waals surface area contributed by atoms with Crippen LogP contribution in [0.25, 0.3) is 5.13 Å². The Hall–Kier alpha value is -1.93. The lowest BCUT2D eigenvalue weighted by atomic mass is 9.95. The fraction of sp³-hybridized carbons (Fsp3) is 0.500. The highest BCUT2D eigenvalue weighted by Crippen LogP contribution is 2.33. The predicted octanol–water partition coefficient (Wildman–Crippen LogP) is 4.93. The van der Waals surface area contributed by atoms with Crippen LogP contribution in [0.5, 0.6) is 0 Å². The lowest BCUT2D eigenvalue weighted by molar-refractivity contribution is 0.102. The lowest BCUT2D eigenvalue weighted by Gasteiger charge is -2.24. The third-order valence-electron chi connectivity index (χ3n) is 5.45. The number of carbonyl (C=O) groups is 1. The first-order valence-electron chi connectivity index (χ1n) is 9.72. The summed E-state index contributed by atoms with van der Waals surface area (Å²) in [7, 11) is 0. The van der Waals surface area contributed by atoms with Crippen molar-refractivity contribution in [3.8, 4) is 5.13 Å². The summed E-state index contributed by atoms with van der Waals surface area (Å²) in [6.45, 7) is 6.01. The molecule has 8 heteroatoms. The predicted molar refractivity (Wildman–Crippen MR) is 113 cm³/mol. The van der Waals surface area contributed by atoms with Gasteiger partial charge in [-0.05, 0) is 39.7 Å². The molecular weight excluding hydrogens is 390 g/mol. The van der Waals surface area contributed by atoms with Crippen molar-refractivity contribution in [3.63, 3.8) is 0 Å². The summed E-state index contributed by atoms with van der Waals surface area (Å²) in [5.41, 5.74) is 2.74. The van der Waals surface area contributed by atoms with Crippen molar-refractivity contribution in [3.05, 3.63) is 40.4 Å². The van der Waals surface area contributed by atoms with E-state index in [1.807, 2.05) is 32.2 Å². The minimum Gasteiger partial charge on any atom is -0.303 e. The van der Waals surface area contributed by atoms with Gasteiger partial charge in [0.05, 0.1) is 5.75 Å². The highest BCUT2D eigenvalue weighted by Gasteiger charge is 2.23. The average molecular weight is 416 g/mol. The van der Waals surface area contributed by atoms with Crippen molar-refractivity contribution < 1.29 is 4.79 Å². The van der Waals surface area contributed by atoms with E-state index in [1.54, 1.807) is 17.5 Å². The molecule has 1 saturated carbocycles. The first-order valence-corrected chi connectivity index (χ1v) is 11.6. The second kappa shape index (κ2) is 8.21. The highest BCUT2D eigenvalue weighted by atomic mass is 32.2. The second-order valence-electron chi connectivity index (χ2n) is 7.34. The van der Waals surface area contributed by atoms with Gasteiger partial charge in [0, 0.05) is 34.6 Å². The third kappa shape index (κ3) is 3.67. The van der Waals surface area contributed by atoms with Crippen LogP contribution < -0.4 is 0 Å². The number of carbonyl (C=O) groups excluding carboxylic acids is 1. The zero-order valence-corrected chi connectivity index (χ0v) is 18.1. The maximum atomic E-state index is 13.0. The molecule has 0 aromatic carbocycles. The first kappa shape index (κ1) is 19.4. The number of hydrogen-bond donors (Lipinski definition) is 0. The van der Waals surface area contributed by atoms with E-state index in [0.29, 0.717) is 11.8 Å². The number of thiazole rings is 1. The molecule has 3 heterocycles. The zero-order valence-electron chi connectivity index (χ0n) is 16.5. The van der Waals surface area contributed by atoms with Gasteiger partial charge < -0.3 is 4.57 Å². The van der Waals surface area contributed by atoms with Crippen molar-refractivity contribution >= 4 is 28.9 Å². The molecule has 0 aliphatic heterocycles. The van der Waals surface area contributed by atoms with E-state index in [4.69, 9.17) is 0 Å². The van der Waals surface area contributed by atoms with Crippen molar-refractivity contribution in [1.82, 2.24) is 24.3 Å². The van der Waals surface area contributed by atoms with Crippen LogP contribution in [0.2, 0.25) is 0 Å². The Bertz CT molecular complexity index is 967. The molecule has 0 atom stereocenters. The molecular formula is C20H25N5OS2. The zero-order chi connectivity index (χ0) is 19.7. The van der Waals surface area contributed by atoms with Gasteiger partial charge in [0.15, 0.2) is 16.1 Å². The molecule has 0 bridgehead atoms. The van der Waals surface area contributed by atoms with Crippen LogP contribution in [0.4, 0.5) is 0 Å². The van der Waals surface area contributed by atoms with Crippen LogP contribution in [-0.2, 0) is 0 Å². The average Bonchev–Trinajstić information content (AvgIpc) is 3.40. The molecule has 0 unspecified atom stereocenters. The van der Waals surface area contributed by atoms with Crippen molar-refractivity contribution in [2.75, 3.05) is 5.75 Å². The van der Waals surface area contributed by atoms with Crippen LogP contribution in [0, 0.1) is 20.8 Å². The van der Waals surface area contributed by atoms with Crippen LogP contribution in [0.3, 0.4) is 0 Å². The number of ketones is 1. The van der Waals surface area contributed by atoms with Gasteiger partial charge in [-0.15, -0.1) is 21.5 Å². The van der Waals surface area contributed by atoms with Crippen molar-refractivity contribution in [1.29, 1.82) is 0 Å². The summed E-state index contributed by atoms with van der Waals surface area (Å²) in [4.78, 5) is 17.3. The van der Waals surface area contributed by atoms with Crippen molar-refractivity contribution in [2.24, 2.45) is 0 Å². The van der Waals surface area contributed by atoms with Gasteiger partial charge in [-0.25, -0.2) is 4.98 Å². The minimum absolute atomic E-state index is 0.122. The van der Waals surface area contributed by atoms with E-state index >= 15 is 0 Å². The fourth-order valence-electron chi connectivity index (χ4n) is 4.08. The van der Waals surface area contributed by atoms with Gasteiger partial charge in [-0.2, -0.15) is 0 Å². The smallest absolute Gasteiger partial charge is 0.193 e. The maximum absolute atomic E-state index is 13.0. The standard InChI is InChI=1S/C20H25N5OS2/c1-13-11-17(14(2)24(13)19-21-9-10-27-19)18(26)12-28-20-23-22-15(3)25(20)16-7-5-4-6-8-16/h9-11,16H,4-8,12H2,1-3H3. The van der Waals surface area contributed by atoms with E-state index in [-0.39, 0.29) is 5.78 Å². The molecule has 4 rings (SSSR count). The Balaban J connectivity index is 1.51. The molecule has 0 radical (unpaired) electrons. The van der Waals surface area contributed by atoms with Gasteiger partial charge in [-0.1, -0.05) is 31.0 Å². The molecule has 6 nitrogen and oxygen atoms in total. The monoisotopic (exact) mass is 415 g/mol. The van der Waals surface area contributed by atoms with Gasteiger partial charge in [-0.3, -0.25) is 9.36 Å². The fourth-order valence-corrected chi connectivity index (χ4v) is 5.77. The number of nitrogens with zero attached hydrogens (tertiary/aromatic N) is 5. The summed E-state index contributed by atoms with van der Waals surface area (Å²) < 4.78 is 4.30. The van der Waals surface area contributed by atoms with E-state index in [9.17, 15) is 4.79 Å². The number of hydrogen-bond acceptors (Lipinski definition) is 6. The van der Waals surface area contributed by atoms with Gasteiger partial charge in [0.25, 0.3) is 0 Å². The van der Waals surface area contributed by atoms with Gasteiger partial charge >= 0.3 is 0 Å². The number of Topliss-reactive ketones (excluding diaryl/α,β-unsaturated/α-hetero) is 1. The van der Waals surface area contributed by atoms with E-state index in [2.05, 4.69) is 24.3 Å². The van der Waals surface area contributed by atoms with E-state index < -0.39 is 0 Å². The lowest BCUT2D eigenvalue weighted by Crippen LogP contribution is -2.15. The molecule has 1 aliphatic carbocycles. The quantitative estimate of drug-likeness (QED) is 0.422. The maximum Gasteiger partial charge on any atom is 0.193 e. The molecule has 148 valence electrons. The van der Waals surface area contributed by atoms with E-state index in [0.717, 1.165) is 33.1 Å². The molecule has 1 aliphatic rings. The number of aryl methyl sites for hydroxylation is 2. The number of rotatable bonds is 6. The highest BCUT2D eigenvalue weighted by molar-refractivity contribution is 7.99. The van der Waals surface area contributed by atoms with E-state index in [1.165, 1.54) is 43.9 Å². The molecule has 0 amide bonds. The molecule has 28 heavy (non-hydrogen) atoms. The Morgan fingerprint density at radius 1 is 1.21 bits per heavy atom. The van der Waals surface area contributed by atoms with Crippen LogP contribution in [0.15, 0.2) is 22.8 Å². The summed E-state index contributed by atoms with van der Waals surface area (Å²) >= 11 is 3.08. The topological polar surface area (TPSA) is 65.6 Å². The summed E-state index contributed by atoms with van der Waals surface area (Å²) in [5, 5.41) is 12.3. The summed E-state index contributed by atoms with van der Waals surface area (Å²) in [5.74, 6) is 1.44. The molecule has 0 saturated heterocycles. The van der Waals surface area contributed by atoms with Gasteiger partial charge in [0.2, 0.25) is 0 Å². The Labute approximate surface area is 173 Å². The Morgan fingerprint density at radius 2 is 2.00 bits per heavy atom. The SMILES string of the molecule is Cc1cc(C(=O)CSc2nnc(C)n2C2CCCCC2)c(C)n1-c1nccs1.